The van der Waals surface area contributed by atoms with Crippen molar-refractivity contribution >= 4 is 93.5 Å². The fourth-order valence-corrected chi connectivity index (χ4v) is 13.2. The molecule has 92 heavy (non-hydrogen) atoms. The molecular weight excluding hydrogens is 1270 g/mol. The number of benzene rings is 4. The van der Waals surface area contributed by atoms with E-state index in [0.717, 1.165) is 0 Å². The SMILES string of the molecule is COC(=O)C1=C(CN2CCN3C(=O)N(CC#Cc4ccc(C(=O)O)cc4)CC3C2)NC(c2nccs2)=N[C@H]1c1ccc(F)cc1Cl.COC(=O)C1=C(CN2CCN3C(=O)N(CC#Cc4ccc(C(=O)O)cc4)C[C@@H]3C2)NC(c2nccs2)=N[C@H]1c1ccc(F)cc1Cl. The molecule has 8 heterocycles. The number of aromatic carboxylic acids is 2. The Balaban J connectivity index is 0.000000188. The van der Waals surface area contributed by atoms with Gasteiger partial charge in [-0.25, -0.2) is 47.5 Å². The molecule has 4 N–H and O–H groups in total. The Bertz CT molecular complexity index is 3870. The maximum atomic E-state index is 14.0. The summed E-state index contributed by atoms with van der Waals surface area (Å²) >= 11 is 15.7. The van der Waals surface area contributed by atoms with Gasteiger partial charge < -0.3 is 49.9 Å². The second-order valence-corrected chi connectivity index (χ2v) is 24.2. The van der Waals surface area contributed by atoms with Gasteiger partial charge in [0.05, 0.1) is 61.7 Å². The zero-order valence-electron chi connectivity index (χ0n) is 49.1. The summed E-state index contributed by atoms with van der Waals surface area (Å²) in [7, 11) is 2.59. The molecule has 6 aliphatic rings. The van der Waals surface area contributed by atoms with Crippen LogP contribution in [0.15, 0.2) is 141 Å². The van der Waals surface area contributed by atoms with Gasteiger partial charge in [0.2, 0.25) is 0 Å². The Morgan fingerprint density at radius 2 is 1.00 bits per heavy atom. The number of amidine groups is 2. The van der Waals surface area contributed by atoms with Crippen LogP contribution in [0.5, 0.6) is 0 Å². The predicted octanol–water partition coefficient (Wildman–Crippen LogP) is 7.25. The van der Waals surface area contributed by atoms with Crippen LogP contribution in [0.3, 0.4) is 0 Å². The average molecular weight is 1330 g/mol. The van der Waals surface area contributed by atoms with E-state index in [2.05, 4.69) is 54.1 Å². The first kappa shape index (κ1) is 64.0. The zero-order chi connectivity index (χ0) is 64.7. The number of carboxylic acid groups (broad SMARTS) is 2. The standard InChI is InChI=1S/2C32H28ClFN6O5S/c2*1-45-31(43)26-25(36-28(29-35-10-14-46-29)37-27(26)23-9-8-21(34)15-24(23)33)18-38-12-13-40-22(16-38)17-39(32(40)44)11-2-3-19-4-6-20(7-5-19)30(41)42/h2*4-10,14-15,22,27H,11-13,16-18H2,1H3,(H,36,37)(H,41,42)/t22?,27-;22-,27-/m00/s1. The molecule has 4 atom stereocenters. The number of carbonyl (C=O) groups excluding carboxylic acids is 4. The summed E-state index contributed by atoms with van der Waals surface area (Å²) < 4.78 is 38.3. The van der Waals surface area contributed by atoms with Crippen LogP contribution in [0, 0.1) is 35.3 Å². The van der Waals surface area contributed by atoms with Gasteiger partial charge in [-0.3, -0.25) is 19.8 Å². The van der Waals surface area contributed by atoms with Crippen LogP contribution in [0.1, 0.15) is 65.1 Å². The van der Waals surface area contributed by atoms with E-state index in [1.54, 1.807) is 46.5 Å². The number of aromatic nitrogens is 2. The van der Waals surface area contributed by atoms with E-state index >= 15 is 0 Å². The summed E-state index contributed by atoms with van der Waals surface area (Å²) in [5, 5.41) is 29.9. The number of hydrogen-bond donors (Lipinski definition) is 4. The van der Waals surface area contributed by atoms with Crippen molar-refractivity contribution in [1.29, 1.82) is 0 Å². The molecule has 2 aromatic heterocycles. The molecule has 0 aliphatic carbocycles. The minimum atomic E-state index is -1.00. The Morgan fingerprint density at radius 1 is 0.598 bits per heavy atom. The molecule has 4 aromatic carbocycles. The van der Waals surface area contributed by atoms with Gasteiger partial charge in [-0.15, -0.1) is 22.7 Å². The highest BCUT2D eigenvalue weighted by Gasteiger charge is 2.44. The number of esters is 2. The Morgan fingerprint density at radius 3 is 1.35 bits per heavy atom. The molecule has 0 bridgehead atoms. The van der Waals surface area contributed by atoms with Gasteiger partial charge in [-0.05, 0) is 72.8 Å². The van der Waals surface area contributed by atoms with E-state index in [4.69, 9.17) is 52.9 Å². The second kappa shape index (κ2) is 28.3. The quantitative estimate of drug-likeness (QED) is 0.0619. The molecule has 1 unspecified atom stereocenters. The lowest BCUT2D eigenvalue weighted by atomic mass is 9.95. The van der Waals surface area contributed by atoms with Gasteiger partial charge in [-0.1, -0.05) is 59.0 Å². The molecule has 0 radical (unpaired) electrons. The number of ether oxygens (including phenoxy) is 2. The third-order valence-corrected chi connectivity index (χ3v) is 18.1. The van der Waals surface area contributed by atoms with Gasteiger partial charge in [0.1, 0.15) is 23.7 Å². The first-order valence-electron chi connectivity index (χ1n) is 28.7. The van der Waals surface area contributed by atoms with Crippen LogP contribution in [-0.4, -0.2) is 202 Å². The van der Waals surface area contributed by atoms with E-state index < -0.39 is 47.6 Å². The molecule has 6 aliphatic heterocycles. The minimum absolute atomic E-state index is 0.0851. The largest absolute Gasteiger partial charge is 0.478 e. The van der Waals surface area contributed by atoms with Crippen LogP contribution in [0.4, 0.5) is 18.4 Å². The molecular formula is C64H56Cl2F2N12O10S2. The van der Waals surface area contributed by atoms with E-state index in [-0.39, 0.29) is 69.6 Å². The van der Waals surface area contributed by atoms with Gasteiger partial charge in [0.15, 0.2) is 21.7 Å². The topological polar surface area (TPSA) is 255 Å². The van der Waals surface area contributed by atoms with Crippen molar-refractivity contribution in [3.05, 3.63) is 196 Å². The molecule has 4 amide bonds. The third kappa shape index (κ3) is 14.3. The fraction of sp³-hybridized carbons (Fsp3) is 0.281. The monoisotopic (exact) mass is 1320 g/mol. The van der Waals surface area contributed by atoms with E-state index in [9.17, 15) is 37.5 Å². The van der Waals surface area contributed by atoms with Crippen LogP contribution < -0.4 is 10.6 Å². The lowest BCUT2D eigenvalue weighted by Crippen LogP contribution is -2.53. The first-order chi connectivity index (χ1) is 44.4. The normalized spacial score (nSPS) is 19.6. The molecule has 4 fully saturated rings. The number of fused-ring (bicyclic) bond motifs is 2. The van der Waals surface area contributed by atoms with Crippen LogP contribution >= 0.6 is 45.9 Å². The summed E-state index contributed by atoms with van der Waals surface area (Å²) in [5.41, 5.74) is 4.24. The highest BCUT2D eigenvalue weighted by Crippen LogP contribution is 2.39. The number of rotatable bonds is 14. The van der Waals surface area contributed by atoms with Crippen molar-refractivity contribution < 1.29 is 57.2 Å². The summed E-state index contributed by atoms with van der Waals surface area (Å²) in [4.78, 5) is 105. The van der Waals surface area contributed by atoms with Gasteiger partial charge in [-0.2, -0.15) is 0 Å². The molecule has 12 rings (SSSR count). The number of carboxylic acids is 2. The second-order valence-electron chi connectivity index (χ2n) is 21.6. The summed E-state index contributed by atoms with van der Waals surface area (Å²) in [6.07, 6.45) is 3.32. The number of halogens is 4. The van der Waals surface area contributed by atoms with Crippen LogP contribution in [0.25, 0.3) is 0 Å². The van der Waals surface area contributed by atoms with Gasteiger partial charge >= 0.3 is 35.9 Å². The number of carbonyl (C=O) groups is 6. The Hall–Kier alpha value is -9.54. The fourth-order valence-electron chi connectivity index (χ4n) is 11.5. The minimum Gasteiger partial charge on any atom is -0.478 e. The highest BCUT2D eigenvalue weighted by molar-refractivity contribution is 7.12. The molecule has 0 saturated carbocycles. The number of nitrogens with one attached hydrogen (secondary N) is 2. The number of urea groups is 2. The van der Waals surface area contributed by atoms with E-state index in [1.165, 1.54) is 97.6 Å². The van der Waals surface area contributed by atoms with Crippen LogP contribution in [0.2, 0.25) is 10.0 Å². The lowest BCUT2D eigenvalue weighted by Gasteiger charge is -2.38. The molecule has 4 saturated heterocycles. The van der Waals surface area contributed by atoms with Crippen LogP contribution in [-0.2, 0) is 19.1 Å². The maximum absolute atomic E-state index is 14.0. The molecule has 472 valence electrons. The summed E-state index contributed by atoms with van der Waals surface area (Å²) in [5.74, 6) is 8.76. The van der Waals surface area contributed by atoms with Gasteiger partial charge in [0, 0.05) is 132 Å². The Kier molecular flexibility index (Phi) is 19.7. The van der Waals surface area contributed by atoms with Crippen molar-refractivity contribution in [2.24, 2.45) is 9.98 Å². The zero-order valence-corrected chi connectivity index (χ0v) is 52.3. The predicted molar refractivity (Wildman–Crippen MR) is 338 cm³/mol. The van der Waals surface area contributed by atoms with E-state index in [0.29, 0.717) is 121 Å². The molecule has 6 aromatic rings. The first-order valence-corrected chi connectivity index (χ1v) is 31.2. The summed E-state index contributed by atoms with van der Waals surface area (Å²) in [6.45, 7) is 5.30. The van der Waals surface area contributed by atoms with Crippen molar-refractivity contribution in [1.82, 2.24) is 50.0 Å². The third-order valence-electron chi connectivity index (χ3n) is 15.9. The van der Waals surface area contributed by atoms with Crippen molar-refractivity contribution in [2.45, 2.75) is 24.2 Å². The van der Waals surface area contributed by atoms with E-state index in [1.807, 2.05) is 20.6 Å². The number of thiazole rings is 2. The molecule has 28 heteroatoms. The maximum Gasteiger partial charge on any atom is 0.338 e. The van der Waals surface area contributed by atoms with Gasteiger partial charge in [0.25, 0.3) is 0 Å². The molecule has 22 nitrogen and oxygen atoms in total. The van der Waals surface area contributed by atoms with Crippen molar-refractivity contribution in [2.75, 3.05) is 92.8 Å². The number of methoxy groups -OCH3 is 2. The summed E-state index contributed by atoms with van der Waals surface area (Å²) in [6, 6.07) is 18.4. The number of nitrogens with zero attached hydrogens (tertiary/aromatic N) is 10. The number of aliphatic imine (C=N–C) groups is 2. The number of piperazine rings is 2. The average Bonchev–Trinajstić information content (AvgIpc) is 0.894. The molecule has 0 spiro atoms. The van der Waals surface area contributed by atoms with Crippen molar-refractivity contribution in [3.8, 4) is 23.7 Å². The number of amides is 4. The number of hydrogen-bond acceptors (Lipinski definition) is 18. The lowest BCUT2D eigenvalue weighted by molar-refractivity contribution is -0.137. The smallest absolute Gasteiger partial charge is 0.338 e. The Labute approximate surface area is 544 Å². The van der Waals surface area contributed by atoms with Crippen molar-refractivity contribution in [3.63, 3.8) is 0 Å². The highest BCUT2D eigenvalue weighted by atomic mass is 35.5.